The lowest BCUT2D eigenvalue weighted by atomic mass is 10.2. The molecule has 1 atom stereocenters. The molecule has 1 aromatic heterocycles. The average molecular weight is 296 g/mol. The highest BCUT2D eigenvalue weighted by Gasteiger charge is 2.14. The third-order valence-corrected chi connectivity index (χ3v) is 4.20. The molecule has 19 heavy (non-hydrogen) atoms. The molecule has 3 nitrogen and oxygen atoms in total. The van der Waals surface area contributed by atoms with Crippen molar-refractivity contribution in [3.8, 4) is 0 Å². The topological polar surface area (TPSA) is 29.9 Å². The van der Waals surface area contributed by atoms with E-state index in [4.69, 9.17) is 11.6 Å². The fourth-order valence-corrected chi connectivity index (χ4v) is 3.25. The molecule has 5 heteroatoms. The van der Waals surface area contributed by atoms with Crippen LogP contribution in [0, 0.1) is 0 Å². The predicted molar refractivity (Wildman–Crippen MR) is 81.8 cm³/mol. The Bertz CT molecular complexity index is 527. The second-order valence-corrected chi connectivity index (χ2v) is 5.79. The van der Waals surface area contributed by atoms with E-state index in [1.807, 2.05) is 36.1 Å². The zero-order chi connectivity index (χ0) is 13.7. The summed E-state index contributed by atoms with van der Waals surface area (Å²) in [5, 5.41) is 8.51. The van der Waals surface area contributed by atoms with E-state index in [0.29, 0.717) is 6.04 Å². The molecule has 0 fully saturated rings. The van der Waals surface area contributed by atoms with E-state index in [0.717, 1.165) is 17.3 Å². The Balaban J connectivity index is 2.04. The third kappa shape index (κ3) is 4.00. The van der Waals surface area contributed by atoms with Gasteiger partial charge in [0.25, 0.3) is 0 Å². The smallest absolute Gasteiger partial charge is 0.0587 e. The fraction of sp³-hybridized carbons (Fsp3) is 0.357. The highest BCUT2D eigenvalue weighted by Crippen LogP contribution is 2.26. The van der Waals surface area contributed by atoms with Gasteiger partial charge in [-0.2, -0.15) is 5.10 Å². The van der Waals surface area contributed by atoms with Crippen LogP contribution in [0.2, 0.25) is 5.02 Å². The first-order valence-electron chi connectivity index (χ1n) is 6.30. The summed E-state index contributed by atoms with van der Waals surface area (Å²) < 4.78 is 1.92. The summed E-state index contributed by atoms with van der Waals surface area (Å²) in [6.07, 6.45) is 1.84. The first kappa shape index (κ1) is 14.4. The summed E-state index contributed by atoms with van der Waals surface area (Å²) in [4.78, 5) is 1.19. The standard InChI is InChI=1S/C14H18ClN3S/c1-3-16-13(14-7-8-17-18(14)2)10-19-12-6-4-5-11(15)9-12/h4-9,13,16H,3,10H2,1-2H3. The maximum atomic E-state index is 6.00. The molecule has 0 amide bonds. The number of rotatable bonds is 6. The molecule has 1 aromatic carbocycles. The molecule has 0 spiro atoms. The lowest BCUT2D eigenvalue weighted by Crippen LogP contribution is -2.25. The molecular formula is C14H18ClN3S. The van der Waals surface area contributed by atoms with Crippen molar-refractivity contribution in [2.45, 2.75) is 17.9 Å². The monoisotopic (exact) mass is 295 g/mol. The average Bonchev–Trinajstić information content (AvgIpc) is 2.81. The van der Waals surface area contributed by atoms with Crippen LogP contribution in [0.5, 0.6) is 0 Å². The van der Waals surface area contributed by atoms with Gasteiger partial charge in [-0.15, -0.1) is 11.8 Å². The molecule has 1 heterocycles. The molecule has 0 bridgehead atoms. The van der Waals surface area contributed by atoms with Crippen molar-refractivity contribution in [2.24, 2.45) is 7.05 Å². The molecule has 0 aliphatic rings. The Morgan fingerprint density at radius 1 is 1.42 bits per heavy atom. The number of nitrogens with one attached hydrogen (secondary N) is 1. The van der Waals surface area contributed by atoms with Crippen molar-refractivity contribution in [1.29, 1.82) is 0 Å². The maximum Gasteiger partial charge on any atom is 0.0587 e. The molecule has 0 saturated carbocycles. The molecule has 102 valence electrons. The molecule has 0 saturated heterocycles. The van der Waals surface area contributed by atoms with Gasteiger partial charge < -0.3 is 5.32 Å². The van der Waals surface area contributed by atoms with Gasteiger partial charge in [-0.3, -0.25) is 4.68 Å². The van der Waals surface area contributed by atoms with E-state index in [1.165, 1.54) is 10.6 Å². The molecule has 1 unspecified atom stereocenters. The second kappa shape index (κ2) is 6.98. The number of thioether (sulfide) groups is 1. The molecular weight excluding hydrogens is 278 g/mol. The zero-order valence-electron chi connectivity index (χ0n) is 11.1. The molecule has 0 aliphatic carbocycles. The predicted octanol–water partition coefficient (Wildman–Crippen LogP) is 3.52. The lowest BCUT2D eigenvalue weighted by molar-refractivity contribution is 0.553. The van der Waals surface area contributed by atoms with Crippen molar-refractivity contribution in [2.75, 3.05) is 12.3 Å². The summed E-state index contributed by atoms with van der Waals surface area (Å²) in [7, 11) is 1.98. The minimum atomic E-state index is 0.293. The van der Waals surface area contributed by atoms with Crippen LogP contribution in [0.3, 0.4) is 0 Å². The van der Waals surface area contributed by atoms with Crippen molar-refractivity contribution >= 4 is 23.4 Å². The Hall–Kier alpha value is -0.970. The van der Waals surface area contributed by atoms with Gasteiger partial charge in [0.15, 0.2) is 0 Å². The minimum absolute atomic E-state index is 0.293. The summed E-state index contributed by atoms with van der Waals surface area (Å²) >= 11 is 7.80. The Kier molecular flexibility index (Phi) is 5.31. The fourth-order valence-electron chi connectivity index (χ4n) is 1.96. The van der Waals surface area contributed by atoms with Crippen molar-refractivity contribution < 1.29 is 0 Å². The molecule has 2 aromatic rings. The van der Waals surface area contributed by atoms with Crippen LogP contribution in [-0.4, -0.2) is 22.1 Å². The molecule has 0 aliphatic heterocycles. The summed E-state index contributed by atoms with van der Waals surface area (Å²) in [6, 6.07) is 10.3. The van der Waals surface area contributed by atoms with Gasteiger partial charge in [0.2, 0.25) is 0 Å². The van der Waals surface area contributed by atoms with Crippen molar-refractivity contribution in [3.63, 3.8) is 0 Å². The highest BCUT2D eigenvalue weighted by atomic mass is 35.5. The number of benzene rings is 1. The van der Waals surface area contributed by atoms with Crippen LogP contribution in [0.15, 0.2) is 41.4 Å². The first-order chi connectivity index (χ1) is 9.20. The van der Waals surface area contributed by atoms with Gasteiger partial charge >= 0.3 is 0 Å². The third-order valence-electron chi connectivity index (χ3n) is 2.88. The van der Waals surface area contributed by atoms with E-state index in [1.54, 1.807) is 11.8 Å². The first-order valence-corrected chi connectivity index (χ1v) is 7.66. The number of halogens is 1. The molecule has 1 N–H and O–H groups in total. The van der Waals surface area contributed by atoms with Crippen LogP contribution in [-0.2, 0) is 7.05 Å². The van der Waals surface area contributed by atoms with Crippen LogP contribution in [0.1, 0.15) is 18.7 Å². The molecule has 2 rings (SSSR count). The maximum absolute atomic E-state index is 6.00. The summed E-state index contributed by atoms with van der Waals surface area (Å²) in [6.45, 7) is 3.05. The summed E-state index contributed by atoms with van der Waals surface area (Å²) in [5.74, 6) is 0.952. The van der Waals surface area contributed by atoms with Crippen molar-refractivity contribution in [3.05, 3.63) is 47.2 Å². The van der Waals surface area contributed by atoms with Gasteiger partial charge in [0.1, 0.15) is 0 Å². The Morgan fingerprint density at radius 2 is 2.26 bits per heavy atom. The van der Waals surface area contributed by atoms with Crippen LogP contribution < -0.4 is 5.32 Å². The molecule has 0 radical (unpaired) electrons. The highest BCUT2D eigenvalue weighted by molar-refractivity contribution is 7.99. The number of nitrogens with zero attached hydrogens (tertiary/aromatic N) is 2. The van der Waals surface area contributed by atoms with Crippen LogP contribution >= 0.6 is 23.4 Å². The van der Waals surface area contributed by atoms with Crippen LogP contribution in [0.4, 0.5) is 0 Å². The van der Waals surface area contributed by atoms with Crippen molar-refractivity contribution in [1.82, 2.24) is 15.1 Å². The van der Waals surface area contributed by atoms with Gasteiger partial charge in [-0.1, -0.05) is 24.6 Å². The number of hydrogen-bond acceptors (Lipinski definition) is 3. The van der Waals surface area contributed by atoms with E-state index in [9.17, 15) is 0 Å². The second-order valence-electron chi connectivity index (χ2n) is 4.26. The van der Waals surface area contributed by atoms with Gasteiger partial charge in [0.05, 0.1) is 11.7 Å². The minimum Gasteiger partial charge on any atom is -0.308 e. The summed E-state index contributed by atoms with van der Waals surface area (Å²) in [5.41, 5.74) is 1.20. The van der Waals surface area contributed by atoms with E-state index in [-0.39, 0.29) is 0 Å². The number of aryl methyl sites for hydroxylation is 1. The zero-order valence-corrected chi connectivity index (χ0v) is 12.7. The largest absolute Gasteiger partial charge is 0.308 e. The van der Waals surface area contributed by atoms with Gasteiger partial charge in [-0.05, 0) is 30.8 Å². The van der Waals surface area contributed by atoms with Gasteiger partial charge in [0, 0.05) is 28.9 Å². The number of aromatic nitrogens is 2. The van der Waals surface area contributed by atoms with E-state index in [2.05, 4.69) is 29.5 Å². The van der Waals surface area contributed by atoms with Gasteiger partial charge in [-0.25, -0.2) is 0 Å². The lowest BCUT2D eigenvalue weighted by Gasteiger charge is -2.17. The Labute approximate surface area is 123 Å². The Morgan fingerprint density at radius 3 is 2.89 bits per heavy atom. The van der Waals surface area contributed by atoms with Crippen LogP contribution in [0.25, 0.3) is 0 Å². The SMILES string of the molecule is CCNC(CSc1cccc(Cl)c1)c1ccnn1C. The van der Waals surface area contributed by atoms with E-state index < -0.39 is 0 Å². The quantitative estimate of drug-likeness (QED) is 0.827. The normalized spacial score (nSPS) is 12.6. The van der Waals surface area contributed by atoms with E-state index >= 15 is 0 Å². The number of hydrogen-bond donors (Lipinski definition) is 1.